The van der Waals surface area contributed by atoms with Gasteiger partial charge in [0.1, 0.15) is 5.75 Å². The molecule has 1 aliphatic heterocycles. The van der Waals surface area contributed by atoms with Crippen molar-refractivity contribution in [2.24, 2.45) is 11.8 Å². The third-order valence-corrected chi connectivity index (χ3v) is 5.46. The monoisotopic (exact) mass is 343 g/mol. The van der Waals surface area contributed by atoms with Crippen LogP contribution in [0.2, 0.25) is 0 Å². The summed E-state index contributed by atoms with van der Waals surface area (Å²) in [4.78, 5) is 38.3. The molecule has 1 heterocycles. The first-order valence-corrected chi connectivity index (χ1v) is 9.02. The number of aryl methyl sites for hydroxylation is 2. The van der Waals surface area contributed by atoms with E-state index in [0.29, 0.717) is 5.75 Å². The standard InChI is InChI=1S/C20H25NO4/c1-12-10-13(2)14(3)17(11-12)25-18(22)8-9-21-19(23)15-6-4-5-7-16(15)20(21)24/h10-11,15-16H,4-9H2,1-3H3. The number of hydrogen-bond acceptors (Lipinski definition) is 4. The number of esters is 1. The second-order valence-electron chi connectivity index (χ2n) is 7.25. The number of hydrogen-bond donors (Lipinski definition) is 0. The minimum atomic E-state index is -0.413. The van der Waals surface area contributed by atoms with Crippen LogP contribution in [0.3, 0.4) is 0 Å². The van der Waals surface area contributed by atoms with E-state index in [2.05, 4.69) is 0 Å². The molecule has 0 bridgehead atoms. The molecule has 134 valence electrons. The topological polar surface area (TPSA) is 63.7 Å². The van der Waals surface area contributed by atoms with Crippen LogP contribution < -0.4 is 4.74 Å². The molecule has 0 radical (unpaired) electrons. The fraction of sp³-hybridized carbons (Fsp3) is 0.550. The van der Waals surface area contributed by atoms with Gasteiger partial charge < -0.3 is 4.74 Å². The van der Waals surface area contributed by atoms with Crippen LogP contribution >= 0.6 is 0 Å². The Bertz CT molecular complexity index is 701. The molecule has 25 heavy (non-hydrogen) atoms. The number of ether oxygens (including phenoxy) is 1. The maximum absolute atomic E-state index is 12.4. The Morgan fingerprint density at radius 2 is 1.68 bits per heavy atom. The van der Waals surface area contributed by atoms with Crippen molar-refractivity contribution in [1.29, 1.82) is 0 Å². The summed E-state index contributed by atoms with van der Waals surface area (Å²) >= 11 is 0. The number of fused-ring (bicyclic) bond motifs is 1. The van der Waals surface area contributed by atoms with E-state index in [0.717, 1.165) is 42.4 Å². The first-order valence-electron chi connectivity index (χ1n) is 9.02. The van der Waals surface area contributed by atoms with Crippen LogP contribution in [-0.4, -0.2) is 29.2 Å². The number of carbonyl (C=O) groups is 3. The number of carbonyl (C=O) groups excluding carboxylic acids is 3. The van der Waals surface area contributed by atoms with Crippen molar-refractivity contribution in [3.8, 4) is 5.75 Å². The number of nitrogens with zero attached hydrogens (tertiary/aromatic N) is 1. The SMILES string of the molecule is Cc1cc(C)c(C)c(OC(=O)CCN2C(=O)C3CCCCC3C2=O)c1. The molecule has 1 aromatic rings. The maximum atomic E-state index is 12.4. The molecule has 2 atom stereocenters. The molecule has 1 aliphatic carbocycles. The van der Waals surface area contributed by atoms with Gasteiger partial charge >= 0.3 is 5.97 Å². The van der Waals surface area contributed by atoms with Gasteiger partial charge in [0.25, 0.3) is 0 Å². The Morgan fingerprint density at radius 3 is 2.28 bits per heavy atom. The molecule has 2 aliphatic rings. The molecule has 2 fully saturated rings. The predicted octanol–water partition coefficient (Wildman–Crippen LogP) is 3.08. The lowest BCUT2D eigenvalue weighted by atomic mass is 9.81. The van der Waals surface area contributed by atoms with E-state index in [1.165, 1.54) is 4.90 Å². The zero-order valence-electron chi connectivity index (χ0n) is 15.1. The zero-order chi connectivity index (χ0) is 18.1. The summed E-state index contributed by atoms with van der Waals surface area (Å²) in [5.74, 6) is -0.410. The van der Waals surface area contributed by atoms with E-state index >= 15 is 0 Å². The van der Waals surface area contributed by atoms with Crippen molar-refractivity contribution < 1.29 is 19.1 Å². The minimum Gasteiger partial charge on any atom is -0.426 e. The largest absolute Gasteiger partial charge is 0.426 e. The van der Waals surface area contributed by atoms with Gasteiger partial charge in [-0.3, -0.25) is 19.3 Å². The van der Waals surface area contributed by atoms with Crippen molar-refractivity contribution in [2.75, 3.05) is 6.54 Å². The van der Waals surface area contributed by atoms with E-state index in [1.54, 1.807) is 0 Å². The Hall–Kier alpha value is -2.17. The van der Waals surface area contributed by atoms with Gasteiger partial charge in [-0.15, -0.1) is 0 Å². The highest BCUT2D eigenvalue weighted by atomic mass is 16.5. The summed E-state index contributed by atoms with van der Waals surface area (Å²) in [5.41, 5.74) is 3.02. The van der Waals surface area contributed by atoms with Gasteiger partial charge in [0, 0.05) is 6.54 Å². The fourth-order valence-electron chi connectivity index (χ4n) is 3.93. The Labute approximate surface area is 148 Å². The molecule has 0 N–H and O–H groups in total. The molecule has 2 unspecified atom stereocenters. The minimum absolute atomic E-state index is 0.0311. The van der Waals surface area contributed by atoms with Gasteiger partial charge in [0.2, 0.25) is 11.8 Å². The average Bonchev–Trinajstić information content (AvgIpc) is 2.82. The lowest BCUT2D eigenvalue weighted by Gasteiger charge is -2.19. The molecule has 1 saturated heterocycles. The Kier molecular flexibility index (Phi) is 4.93. The smallest absolute Gasteiger partial charge is 0.313 e. The third kappa shape index (κ3) is 3.46. The maximum Gasteiger partial charge on any atom is 0.313 e. The van der Waals surface area contributed by atoms with Crippen LogP contribution in [0, 0.1) is 32.6 Å². The zero-order valence-corrected chi connectivity index (χ0v) is 15.1. The van der Waals surface area contributed by atoms with Crippen molar-refractivity contribution in [3.63, 3.8) is 0 Å². The highest BCUT2D eigenvalue weighted by Crippen LogP contribution is 2.38. The van der Waals surface area contributed by atoms with Crippen molar-refractivity contribution in [3.05, 3.63) is 28.8 Å². The first kappa shape index (κ1) is 17.6. The van der Waals surface area contributed by atoms with Gasteiger partial charge in [0.05, 0.1) is 18.3 Å². The van der Waals surface area contributed by atoms with Gasteiger partial charge in [-0.2, -0.15) is 0 Å². The summed E-state index contributed by atoms with van der Waals surface area (Å²) < 4.78 is 5.47. The number of amides is 2. The lowest BCUT2D eigenvalue weighted by molar-refractivity contribution is -0.141. The second kappa shape index (κ2) is 6.98. The molecule has 3 rings (SSSR count). The molecular weight excluding hydrogens is 318 g/mol. The Morgan fingerprint density at radius 1 is 1.08 bits per heavy atom. The van der Waals surface area contributed by atoms with Crippen molar-refractivity contribution in [2.45, 2.75) is 52.9 Å². The van der Waals surface area contributed by atoms with E-state index in [9.17, 15) is 14.4 Å². The lowest BCUT2D eigenvalue weighted by Crippen LogP contribution is -2.33. The summed E-state index contributed by atoms with van der Waals surface area (Å²) in [6.45, 7) is 5.96. The van der Waals surface area contributed by atoms with E-state index < -0.39 is 5.97 Å². The summed E-state index contributed by atoms with van der Waals surface area (Å²) in [7, 11) is 0. The molecule has 2 amide bonds. The predicted molar refractivity (Wildman–Crippen MR) is 93.1 cm³/mol. The summed E-state index contributed by atoms with van der Waals surface area (Å²) in [6.07, 6.45) is 3.61. The summed E-state index contributed by atoms with van der Waals surface area (Å²) in [6, 6.07) is 3.87. The highest BCUT2D eigenvalue weighted by Gasteiger charge is 2.47. The molecule has 1 aromatic carbocycles. The van der Waals surface area contributed by atoms with Crippen molar-refractivity contribution in [1.82, 2.24) is 4.90 Å². The van der Waals surface area contributed by atoms with E-state index in [-0.39, 0.29) is 36.6 Å². The molecule has 5 heteroatoms. The third-order valence-electron chi connectivity index (χ3n) is 5.46. The van der Waals surface area contributed by atoms with E-state index in [4.69, 9.17) is 4.74 Å². The van der Waals surface area contributed by atoms with Crippen LogP contribution in [0.4, 0.5) is 0 Å². The first-order chi connectivity index (χ1) is 11.9. The van der Waals surface area contributed by atoms with Crippen LogP contribution in [0.15, 0.2) is 12.1 Å². The highest BCUT2D eigenvalue weighted by molar-refractivity contribution is 6.05. The fourth-order valence-corrected chi connectivity index (χ4v) is 3.93. The quantitative estimate of drug-likeness (QED) is 0.479. The van der Waals surface area contributed by atoms with Crippen LogP contribution in [-0.2, 0) is 14.4 Å². The molecule has 1 saturated carbocycles. The summed E-state index contributed by atoms with van der Waals surface area (Å²) in [5, 5.41) is 0. The van der Waals surface area contributed by atoms with Gasteiger partial charge in [-0.1, -0.05) is 18.9 Å². The molecule has 0 spiro atoms. The van der Waals surface area contributed by atoms with Crippen LogP contribution in [0.25, 0.3) is 0 Å². The number of benzene rings is 1. The Balaban J connectivity index is 1.61. The van der Waals surface area contributed by atoms with Gasteiger partial charge in [0.15, 0.2) is 0 Å². The van der Waals surface area contributed by atoms with Crippen LogP contribution in [0.1, 0.15) is 48.8 Å². The van der Waals surface area contributed by atoms with E-state index in [1.807, 2.05) is 32.9 Å². The van der Waals surface area contributed by atoms with Gasteiger partial charge in [-0.25, -0.2) is 0 Å². The number of rotatable bonds is 4. The van der Waals surface area contributed by atoms with Crippen LogP contribution in [0.5, 0.6) is 5.75 Å². The second-order valence-corrected chi connectivity index (χ2v) is 7.25. The molecular formula is C20H25NO4. The van der Waals surface area contributed by atoms with Gasteiger partial charge in [-0.05, 0) is 56.4 Å². The average molecular weight is 343 g/mol. The number of likely N-dealkylation sites (tertiary alicyclic amines) is 1. The van der Waals surface area contributed by atoms with Crippen molar-refractivity contribution >= 4 is 17.8 Å². The normalized spacial score (nSPS) is 22.9. The number of imide groups is 1. The molecule has 5 nitrogen and oxygen atoms in total. The molecule has 0 aromatic heterocycles.